The van der Waals surface area contributed by atoms with Crippen molar-refractivity contribution in [1.29, 1.82) is 0 Å². The van der Waals surface area contributed by atoms with Crippen molar-refractivity contribution in [2.45, 2.75) is 19.9 Å². The van der Waals surface area contributed by atoms with Gasteiger partial charge in [-0.2, -0.15) is 0 Å². The number of nitrogens with zero attached hydrogens (tertiary/aromatic N) is 5. The van der Waals surface area contributed by atoms with E-state index in [1.54, 1.807) is 12.0 Å². The highest BCUT2D eigenvalue weighted by Gasteiger charge is 2.40. The summed E-state index contributed by atoms with van der Waals surface area (Å²) in [4.78, 5) is 26.1. The zero-order valence-electron chi connectivity index (χ0n) is 15.1. The molecule has 0 unspecified atom stereocenters. The molecule has 0 radical (unpaired) electrons. The summed E-state index contributed by atoms with van der Waals surface area (Å²) in [6.07, 6.45) is 0.938. The van der Waals surface area contributed by atoms with Gasteiger partial charge in [0.1, 0.15) is 5.75 Å². The van der Waals surface area contributed by atoms with Gasteiger partial charge in [-0.3, -0.25) is 19.6 Å². The Kier molecular flexibility index (Phi) is 4.86. The van der Waals surface area contributed by atoms with Gasteiger partial charge in [0.05, 0.1) is 18.7 Å². The minimum absolute atomic E-state index is 0.0813. The lowest BCUT2D eigenvalue weighted by molar-refractivity contribution is 0.0834. The van der Waals surface area contributed by atoms with Crippen molar-refractivity contribution < 1.29 is 9.53 Å². The van der Waals surface area contributed by atoms with Crippen molar-refractivity contribution in [2.24, 2.45) is 4.99 Å². The summed E-state index contributed by atoms with van der Waals surface area (Å²) in [5, 5.41) is 0.534. The molecule has 7 nitrogen and oxygen atoms in total. The van der Waals surface area contributed by atoms with E-state index in [4.69, 9.17) is 16.3 Å². The Morgan fingerprint density at radius 3 is 2.89 bits per heavy atom. The fourth-order valence-electron chi connectivity index (χ4n) is 3.48. The maximum atomic E-state index is 13.2. The Hall–Kier alpha value is -2.06. The van der Waals surface area contributed by atoms with E-state index in [1.165, 1.54) is 0 Å². The van der Waals surface area contributed by atoms with Crippen molar-refractivity contribution >= 4 is 45.2 Å². The molecule has 0 aliphatic carbocycles. The number of aromatic nitrogens is 2. The summed E-state index contributed by atoms with van der Waals surface area (Å²) >= 11 is 9.78. The molecule has 2 aliphatic rings. The molecule has 0 fully saturated rings. The smallest absolute Gasteiger partial charge is 0.281 e. The minimum Gasteiger partial charge on any atom is -0.495 e. The standard InChI is InChI=1S/C18H19BrClN5O2/c1-3-23-16(26)14-15(24-8-4-7-21-18(23)24)22-17(19)25(14)10-11-5-6-13(27-2)12(20)9-11/h5-6,9H,3-4,7-8,10H2,1-2H3. The fraction of sp³-hybridized carbons (Fsp3) is 0.389. The number of benzene rings is 1. The third-order valence-electron chi connectivity index (χ3n) is 4.76. The summed E-state index contributed by atoms with van der Waals surface area (Å²) in [7, 11) is 1.58. The van der Waals surface area contributed by atoms with Gasteiger partial charge in [0, 0.05) is 19.6 Å². The van der Waals surface area contributed by atoms with Crippen LogP contribution in [0.3, 0.4) is 0 Å². The summed E-state index contributed by atoms with van der Waals surface area (Å²) < 4.78 is 7.70. The Bertz CT molecular complexity index is 942. The van der Waals surface area contributed by atoms with E-state index in [9.17, 15) is 4.79 Å². The number of halogens is 2. The van der Waals surface area contributed by atoms with Crippen LogP contribution >= 0.6 is 27.5 Å². The number of anilines is 1. The van der Waals surface area contributed by atoms with E-state index in [-0.39, 0.29) is 5.91 Å². The van der Waals surface area contributed by atoms with Gasteiger partial charge in [-0.25, -0.2) is 4.98 Å². The number of hydrogen-bond acceptors (Lipinski definition) is 5. The number of fused-ring (bicyclic) bond motifs is 3. The van der Waals surface area contributed by atoms with E-state index in [2.05, 4.69) is 25.9 Å². The molecule has 9 heteroatoms. The lowest BCUT2D eigenvalue weighted by Gasteiger charge is -2.38. The number of carbonyl (C=O) groups excluding carboxylic acids is 1. The highest BCUT2D eigenvalue weighted by atomic mass is 79.9. The van der Waals surface area contributed by atoms with Gasteiger partial charge in [0.15, 0.2) is 16.2 Å². The predicted molar refractivity (Wildman–Crippen MR) is 108 cm³/mol. The van der Waals surface area contributed by atoms with Crippen molar-refractivity contribution in [3.63, 3.8) is 0 Å². The number of amides is 1. The number of guanidine groups is 1. The normalized spacial score (nSPS) is 16.1. The van der Waals surface area contributed by atoms with Crippen LogP contribution in [-0.2, 0) is 6.54 Å². The highest BCUT2D eigenvalue weighted by Crippen LogP contribution is 2.34. The van der Waals surface area contributed by atoms with Gasteiger partial charge in [0.25, 0.3) is 5.91 Å². The number of imidazole rings is 1. The van der Waals surface area contributed by atoms with Gasteiger partial charge >= 0.3 is 0 Å². The van der Waals surface area contributed by atoms with Crippen molar-refractivity contribution in [2.75, 3.05) is 31.6 Å². The largest absolute Gasteiger partial charge is 0.495 e. The average Bonchev–Trinajstić information content (AvgIpc) is 2.99. The van der Waals surface area contributed by atoms with Gasteiger partial charge in [0.2, 0.25) is 5.96 Å². The zero-order valence-corrected chi connectivity index (χ0v) is 17.4. The van der Waals surface area contributed by atoms with Gasteiger partial charge in [-0.1, -0.05) is 17.7 Å². The van der Waals surface area contributed by atoms with E-state index in [0.29, 0.717) is 46.1 Å². The third kappa shape index (κ3) is 3.00. The van der Waals surface area contributed by atoms with Gasteiger partial charge < -0.3 is 9.30 Å². The molecule has 1 aromatic carbocycles. The number of rotatable bonds is 4. The molecule has 1 aromatic heterocycles. The number of ether oxygens (including phenoxy) is 1. The van der Waals surface area contributed by atoms with Crippen LogP contribution in [0.25, 0.3) is 0 Å². The molecular weight excluding hydrogens is 434 g/mol. The number of carbonyl (C=O) groups is 1. The molecule has 27 heavy (non-hydrogen) atoms. The number of aliphatic imine (C=N–C) groups is 1. The van der Waals surface area contributed by atoms with Crippen LogP contribution in [0.1, 0.15) is 29.4 Å². The Labute approximate surface area is 170 Å². The zero-order chi connectivity index (χ0) is 19.1. The Balaban J connectivity index is 1.78. The molecule has 0 saturated heterocycles. The van der Waals surface area contributed by atoms with Crippen LogP contribution in [0.2, 0.25) is 5.02 Å². The summed E-state index contributed by atoms with van der Waals surface area (Å²) in [6, 6.07) is 5.60. The lowest BCUT2D eigenvalue weighted by Crippen LogP contribution is -2.54. The maximum Gasteiger partial charge on any atom is 0.281 e. The minimum atomic E-state index is -0.0813. The predicted octanol–water partition coefficient (Wildman–Crippen LogP) is 3.40. The van der Waals surface area contributed by atoms with E-state index in [0.717, 1.165) is 25.1 Å². The molecule has 0 N–H and O–H groups in total. The summed E-state index contributed by atoms with van der Waals surface area (Å²) in [5.41, 5.74) is 1.52. The third-order valence-corrected chi connectivity index (χ3v) is 5.66. The quantitative estimate of drug-likeness (QED) is 0.713. The number of methoxy groups -OCH3 is 1. The Morgan fingerprint density at radius 1 is 1.37 bits per heavy atom. The molecule has 2 aromatic rings. The molecule has 142 valence electrons. The Morgan fingerprint density at radius 2 is 2.19 bits per heavy atom. The average molecular weight is 453 g/mol. The summed E-state index contributed by atoms with van der Waals surface area (Å²) in [6.45, 7) is 4.52. The highest BCUT2D eigenvalue weighted by molar-refractivity contribution is 9.10. The van der Waals surface area contributed by atoms with Crippen LogP contribution in [0.5, 0.6) is 5.75 Å². The topological polar surface area (TPSA) is 63.0 Å². The first-order chi connectivity index (χ1) is 13.0. The number of hydrogen-bond donors (Lipinski definition) is 0. The monoisotopic (exact) mass is 451 g/mol. The van der Waals surface area contributed by atoms with Crippen molar-refractivity contribution in [1.82, 2.24) is 14.5 Å². The van der Waals surface area contributed by atoms with Crippen LogP contribution in [0.4, 0.5) is 5.82 Å². The molecular formula is C18H19BrClN5O2. The van der Waals surface area contributed by atoms with Crippen LogP contribution < -0.4 is 9.64 Å². The second kappa shape index (κ2) is 7.16. The molecule has 4 rings (SSSR count). The SMILES string of the molecule is CCN1C(=O)c2c(nc(Br)n2Cc2ccc(OC)c(Cl)c2)N2CCCN=C12. The molecule has 0 atom stereocenters. The van der Waals surface area contributed by atoms with E-state index in [1.807, 2.05) is 34.6 Å². The van der Waals surface area contributed by atoms with Crippen LogP contribution in [0.15, 0.2) is 27.9 Å². The van der Waals surface area contributed by atoms with Crippen LogP contribution in [-0.4, -0.2) is 53.1 Å². The second-order valence-electron chi connectivity index (χ2n) is 6.34. The molecule has 0 spiro atoms. The van der Waals surface area contributed by atoms with E-state index < -0.39 is 0 Å². The molecule has 3 heterocycles. The molecule has 2 aliphatic heterocycles. The maximum absolute atomic E-state index is 13.2. The van der Waals surface area contributed by atoms with Crippen LogP contribution in [0, 0.1) is 0 Å². The van der Waals surface area contributed by atoms with Gasteiger partial charge in [-0.05, 0) is 47.0 Å². The first kappa shape index (κ1) is 18.3. The lowest BCUT2D eigenvalue weighted by atomic mass is 10.2. The summed E-state index contributed by atoms with van der Waals surface area (Å²) in [5.74, 6) is 1.90. The van der Waals surface area contributed by atoms with Crippen molar-refractivity contribution in [3.8, 4) is 5.75 Å². The first-order valence-electron chi connectivity index (χ1n) is 8.77. The molecule has 0 bridgehead atoms. The molecule has 0 saturated carbocycles. The van der Waals surface area contributed by atoms with Gasteiger partial charge in [-0.15, -0.1) is 0 Å². The van der Waals surface area contributed by atoms with Crippen molar-refractivity contribution in [3.05, 3.63) is 39.2 Å². The fourth-order valence-corrected chi connectivity index (χ4v) is 4.23. The van der Waals surface area contributed by atoms with E-state index >= 15 is 0 Å². The second-order valence-corrected chi connectivity index (χ2v) is 7.46. The first-order valence-corrected chi connectivity index (χ1v) is 9.94. The molecule has 1 amide bonds.